The molecule has 0 aliphatic heterocycles. The third-order valence-corrected chi connectivity index (χ3v) is 3.05. The molecule has 2 N–H and O–H groups in total. The highest BCUT2D eigenvalue weighted by atomic mass is 16.4. The van der Waals surface area contributed by atoms with Gasteiger partial charge in [-0.25, -0.2) is 0 Å². The quantitative estimate of drug-likeness (QED) is 0.735. The first kappa shape index (κ1) is 17.1. The number of ketones is 1. The van der Waals surface area contributed by atoms with Gasteiger partial charge in [0.25, 0.3) is 0 Å². The molecule has 0 saturated heterocycles. The zero-order chi connectivity index (χ0) is 14.5. The second-order valence-corrected chi connectivity index (χ2v) is 6.31. The van der Waals surface area contributed by atoms with Crippen LogP contribution in [0.1, 0.15) is 54.4 Å². The van der Waals surface area contributed by atoms with E-state index in [1.807, 2.05) is 41.5 Å². The van der Waals surface area contributed by atoms with Gasteiger partial charge in [0.15, 0.2) is 5.78 Å². The zero-order valence-electron chi connectivity index (χ0n) is 12.4. The Hall–Kier alpha value is -0.900. The molecule has 0 aromatic carbocycles. The summed E-state index contributed by atoms with van der Waals surface area (Å²) in [7, 11) is 0. The maximum absolute atomic E-state index is 12.3. The van der Waals surface area contributed by atoms with Crippen molar-refractivity contribution < 1.29 is 14.7 Å². The number of hydrogen-bond acceptors (Lipinski definition) is 3. The van der Waals surface area contributed by atoms with Gasteiger partial charge in [0.05, 0.1) is 6.04 Å². The molecule has 4 heteroatoms. The molecule has 0 radical (unpaired) electrons. The third kappa shape index (κ3) is 6.74. The van der Waals surface area contributed by atoms with E-state index in [1.54, 1.807) is 0 Å². The SMILES string of the molecule is CC(C)C(C)C(=O)[C@H](CCC(=O)O)NC(C)(C)C. The van der Waals surface area contributed by atoms with Crippen molar-refractivity contribution in [3.8, 4) is 0 Å². The molecular weight excluding hydrogens is 230 g/mol. The predicted molar refractivity (Wildman–Crippen MR) is 72.6 cm³/mol. The van der Waals surface area contributed by atoms with Gasteiger partial charge in [-0.3, -0.25) is 9.59 Å². The van der Waals surface area contributed by atoms with Gasteiger partial charge in [0.2, 0.25) is 0 Å². The van der Waals surface area contributed by atoms with Crippen molar-refractivity contribution in [3.63, 3.8) is 0 Å². The van der Waals surface area contributed by atoms with Gasteiger partial charge in [-0.2, -0.15) is 0 Å². The molecule has 0 fully saturated rings. The monoisotopic (exact) mass is 257 g/mol. The molecule has 0 amide bonds. The summed E-state index contributed by atoms with van der Waals surface area (Å²) in [4.78, 5) is 23.0. The van der Waals surface area contributed by atoms with Crippen LogP contribution >= 0.6 is 0 Å². The summed E-state index contributed by atoms with van der Waals surface area (Å²) in [5.74, 6) is -0.535. The van der Waals surface area contributed by atoms with Crippen molar-refractivity contribution in [2.75, 3.05) is 0 Å². The second-order valence-electron chi connectivity index (χ2n) is 6.31. The zero-order valence-corrected chi connectivity index (χ0v) is 12.4. The molecule has 1 unspecified atom stereocenters. The average Bonchev–Trinajstić information content (AvgIpc) is 2.20. The lowest BCUT2D eigenvalue weighted by molar-refractivity contribution is -0.137. The number of aliphatic carboxylic acids is 1. The number of Topliss-reactive ketones (excluding diaryl/α,β-unsaturated/α-hetero) is 1. The molecule has 0 aromatic rings. The van der Waals surface area contributed by atoms with E-state index >= 15 is 0 Å². The van der Waals surface area contributed by atoms with E-state index in [0.29, 0.717) is 6.42 Å². The van der Waals surface area contributed by atoms with Gasteiger partial charge in [0.1, 0.15) is 0 Å². The van der Waals surface area contributed by atoms with Crippen molar-refractivity contribution in [1.29, 1.82) is 0 Å². The number of carbonyl (C=O) groups is 2. The van der Waals surface area contributed by atoms with Crippen LogP contribution in [0.15, 0.2) is 0 Å². The highest BCUT2D eigenvalue weighted by Gasteiger charge is 2.28. The smallest absolute Gasteiger partial charge is 0.303 e. The van der Waals surface area contributed by atoms with Crippen LogP contribution in [0.4, 0.5) is 0 Å². The number of carboxylic acid groups (broad SMARTS) is 1. The molecular formula is C14H27NO3. The molecule has 0 heterocycles. The number of carbonyl (C=O) groups excluding carboxylic acids is 1. The minimum atomic E-state index is -0.860. The van der Waals surface area contributed by atoms with Gasteiger partial charge < -0.3 is 10.4 Å². The number of carboxylic acids is 1. The molecule has 0 aliphatic rings. The Morgan fingerprint density at radius 3 is 2.00 bits per heavy atom. The Balaban J connectivity index is 4.74. The standard InChI is InChI=1S/C14H27NO3/c1-9(2)10(3)13(18)11(7-8-12(16)17)15-14(4,5)6/h9-11,15H,7-8H2,1-6H3,(H,16,17)/t10?,11-/m0/s1. The van der Waals surface area contributed by atoms with E-state index in [0.717, 1.165) is 0 Å². The van der Waals surface area contributed by atoms with Gasteiger partial charge in [-0.15, -0.1) is 0 Å². The molecule has 106 valence electrons. The fraction of sp³-hybridized carbons (Fsp3) is 0.857. The first-order valence-corrected chi connectivity index (χ1v) is 6.58. The van der Waals surface area contributed by atoms with E-state index < -0.39 is 5.97 Å². The molecule has 18 heavy (non-hydrogen) atoms. The fourth-order valence-electron chi connectivity index (χ4n) is 1.72. The van der Waals surface area contributed by atoms with Crippen LogP contribution in [0.25, 0.3) is 0 Å². The lowest BCUT2D eigenvalue weighted by Gasteiger charge is -2.30. The lowest BCUT2D eigenvalue weighted by atomic mass is 9.87. The van der Waals surface area contributed by atoms with E-state index in [1.165, 1.54) is 0 Å². The second kappa shape index (κ2) is 6.88. The Kier molecular flexibility index (Phi) is 6.54. The highest BCUT2D eigenvalue weighted by Crippen LogP contribution is 2.17. The highest BCUT2D eigenvalue weighted by molar-refractivity contribution is 5.86. The molecule has 0 aromatic heterocycles. The summed E-state index contributed by atoms with van der Waals surface area (Å²) < 4.78 is 0. The molecule has 2 atom stereocenters. The lowest BCUT2D eigenvalue weighted by Crippen LogP contribution is -2.49. The van der Waals surface area contributed by atoms with Gasteiger partial charge >= 0.3 is 5.97 Å². The van der Waals surface area contributed by atoms with Crippen LogP contribution < -0.4 is 5.32 Å². The maximum atomic E-state index is 12.3. The van der Waals surface area contributed by atoms with E-state index in [4.69, 9.17) is 5.11 Å². The van der Waals surface area contributed by atoms with Gasteiger partial charge in [-0.1, -0.05) is 20.8 Å². The minimum absolute atomic E-state index is 0.0182. The van der Waals surface area contributed by atoms with E-state index in [2.05, 4.69) is 5.32 Å². The van der Waals surface area contributed by atoms with Gasteiger partial charge in [-0.05, 0) is 33.1 Å². The van der Waals surface area contributed by atoms with Crippen LogP contribution in [0, 0.1) is 11.8 Å². The average molecular weight is 257 g/mol. The Labute approximate surface area is 110 Å². The Morgan fingerprint density at radius 1 is 1.17 bits per heavy atom. The summed E-state index contributed by atoms with van der Waals surface area (Å²) in [6.45, 7) is 11.9. The number of nitrogens with one attached hydrogen (secondary N) is 1. The molecule has 0 aliphatic carbocycles. The predicted octanol–water partition coefficient (Wildman–Crippen LogP) is 2.47. The van der Waals surface area contributed by atoms with Gasteiger partial charge in [0, 0.05) is 17.9 Å². The largest absolute Gasteiger partial charge is 0.481 e. The maximum Gasteiger partial charge on any atom is 0.303 e. The van der Waals surface area contributed by atoms with Crippen LogP contribution in [0.5, 0.6) is 0 Å². The summed E-state index contributed by atoms with van der Waals surface area (Å²) in [6.07, 6.45) is 0.368. The van der Waals surface area contributed by atoms with Crippen molar-refractivity contribution in [2.24, 2.45) is 11.8 Å². The molecule has 0 rings (SSSR count). The molecule has 0 saturated carbocycles. The molecule has 0 spiro atoms. The number of rotatable bonds is 7. The minimum Gasteiger partial charge on any atom is -0.481 e. The normalized spacial score (nSPS) is 15.5. The molecule has 4 nitrogen and oxygen atoms in total. The summed E-state index contributed by atoms with van der Waals surface area (Å²) >= 11 is 0. The van der Waals surface area contributed by atoms with E-state index in [9.17, 15) is 9.59 Å². The topological polar surface area (TPSA) is 66.4 Å². The van der Waals surface area contributed by atoms with Crippen LogP contribution in [-0.4, -0.2) is 28.4 Å². The Morgan fingerprint density at radius 2 is 1.67 bits per heavy atom. The van der Waals surface area contributed by atoms with Crippen molar-refractivity contribution >= 4 is 11.8 Å². The van der Waals surface area contributed by atoms with Crippen molar-refractivity contribution in [2.45, 2.75) is 66.0 Å². The third-order valence-electron chi connectivity index (χ3n) is 3.05. The first-order chi connectivity index (χ1) is 8.04. The van der Waals surface area contributed by atoms with Crippen molar-refractivity contribution in [1.82, 2.24) is 5.32 Å². The number of hydrogen-bond donors (Lipinski definition) is 2. The first-order valence-electron chi connectivity index (χ1n) is 6.58. The van der Waals surface area contributed by atoms with Crippen molar-refractivity contribution in [3.05, 3.63) is 0 Å². The summed E-state index contributed by atoms with van der Waals surface area (Å²) in [5.41, 5.74) is -0.199. The van der Waals surface area contributed by atoms with Crippen LogP contribution in [0.3, 0.4) is 0 Å². The molecule has 0 bridgehead atoms. The summed E-state index contributed by atoms with van der Waals surface area (Å²) in [6, 6.07) is -0.376. The van der Waals surface area contributed by atoms with E-state index in [-0.39, 0.29) is 35.6 Å². The van der Waals surface area contributed by atoms with Crippen LogP contribution in [-0.2, 0) is 9.59 Å². The van der Waals surface area contributed by atoms with Crippen LogP contribution in [0.2, 0.25) is 0 Å². The Bertz CT molecular complexity index is 292. The fourth-order valence-corrected chi connectivity index (χ4v) is 1.72. The summed E-state index contributed by atoms with van der Waals surface area (Å²) in [5, 5.41) is 12.0.